The molecule has 9 nitrogen and oxygen atoms in total. The molecule has 0 amide bonds. The fraction of sp³-hybridized carbons (Fsp3) is 0.679. The molecule has 0 aliphatic rings. The smallest absolute Gasteiger partial charge is 0.462 e. The van der Waals surface area contributed by atoms with Crippen LogP contribution in [-0.2, 0) is 32.7 Å². The van der Waals surface area contributed by atoms with Gasteiger partial charge in [0.05, 0.1) is 13.2 Å². The lowest BCUT2D eigenvalue weighted by molar-refractivity contribution is -0.161. The van der Waals surface area contributed by atoms with E-state index in [0.717, 1.165) is 128 Å². The molecule has 10 heteroatoms. The van der Waals surface area contributed by atoms with Crippen molar-refractivity contribution in [3.05, 3.63) is 146 Å². The second-order valence-corrected chi connectivity index (χ2v) is 25.9. The normalized spacial score (nSPS) is 13.8. The molecule has 0 aromatic heterocycles. The summed E-state index contributed by atoms with van der Waals surface area (Å²) in [6, 6.07) is 0. The standard InChI is InChI=1S/C81H138NO8P/c1-3-5-7-9-11-13-15-17-19-21-23-25-27-29-31-33-34-35-36-37-38-39-40-41-42-43-44-46-48-50-52-54-56-58-60-62-64-66-68-70-72-74-81(84)90-79(78-89-91(85,86)88-76-75-82)77-87-80(83)73-71-69-67-65-63-61-59-57-55-53-51-49-47-45-32-30-28-26-24-22-20-18-16-14-12-10-8-6-4-2/h5-8,11-14,17-20,23-26,29-32,34-35,47,49,79H,3-4,9-10,15-16,21-22,27-28,33,36-46,48,50-78,82H2,1-2H3,(H,85,86)/b7-5-,8-6-,13-11-,14-12-,19-17-,20-18-,25-23-,26-24-,31-29-,32-30-,35-34-,49-47-. The number of nitrogens with two attached hydrogens (primary N) is 1. The summed E-state index contributed by atoms with van der Waals surface area (Å²) < 4.78 is 33.2. The summed E-state index contributed by atoms with van der Waals surface area (Å²) in [5, 5.41) is 0. The van der Waals surface area contributed by atoms with Crippen molar-refractivity contribution in [2.45, 2.75) is 328 Å². The Labute approximate surface area is 560 Å². The molecule has 2 unspecified atom stereocenters. The lowest BCUT2D eigenvalue weighted by Crippen LogP contribution is -2.29. The molecule has 0 radical (unpaired) electrons. The zero-order valence-electron chi connectivity index (χ0n) is 58.5. The maximum Gasteiger partial charge on any atom is 0.472 e. The van der Waals surface area contributed by atoms with Gasteiger partial charge < -0.3 is 20.1 Å². The number of allylic oxidation sites excluding steroid dienone is 24. The molecule has 0 aromatic rings. The predicted octanol–water partition coefficient (Wildman–Crippen LogP) is 25.0. The minimum atomic E-state index is -4.40. The Kier molecular flexibility index (Phi) is 71.5. The average molecular weight is 1280 g/mol. The first kappa shape index (κ1) is 86.9. The SMILES string of the molecule is CC/C=C\C/C=C\C/C=C\C/C=C\C/C=C\C/C=C\CCCCCCCCCCCCCCCCCCCCCCCCC(=O)OC(COC(=O)CCCCCCCCCCCC/C=C\C/C=C\C/C=C\C/C=C\C/C=C\C/C=C\CC)COP(=O)(O)OCCN. The summed E-state index contributed by atoms with van der Waals surface area (Å²) in [6.45, 7) is 3.53. The fourth-order valence-corrected chi connectivity index (χ4v) is 11.1. The molecule has 0 aliphatic carbocycles. The molecule has 0 saturated heterocycles. The van der Waals surface area contributed by atoms with E-state index >= 15 is 0 Å². The van der Waals surface area contributed by atoms with E-state index < -0.39 is 26.5 Å². The number of phosphoric acid groups is 1. The minimum absolute atomic E-state index is 0.0486. The summed E-state index contributed by atoms with van der Waals surface area (Å²) >= 11 is 0. The van der Waals surface area contributed by atoms with Gasteiger partial charge in [0.2, 0.25) is 0 Å². The molecule has 0 saturated carbocycles. The Morgan fingerprint density at radius 3 is 0.846 bits per heavy atom. The maximum absolute atomic E-state index is 12.8. The third kappa shape index (κ3) is 74.8. The molecule has 0 rings (SSSR count). The first-order valence-electron chi connectivity index (χ1n) is 37.3. The highest BCUT2D eigenvalue weighted by atomic mass is 31.2. The summed E-state index contributed by atoms with van der Waals surface area (Å²) in [5.41, 5.74) is 5.41. The van der Waals surface area contributed by atoms with E-state index in [1.807, 2.05) is 0 Å². The molecule has 0 bridgehead atoms. The van der Waals surface area contributed by atoms with E-state index in [-0.39, 0.29) is 38.6 Å². The molecular weight excluding hydrogens is 1150 g/mol. The number of rotatable bonds is 69. The molecule has 520 valence electrons. The van der Waals surface area contributed by atoms with Crippen LogP contribution < -0.4 is 5.73 Å². The Morgan fingerprint density at radius 2 is 0.571 bits per heavy atom. The number of phosphoric ester groups is 1. The molecule has 0 fully saturated rings. The fourth-order valence-electron chi connectivity index (χ4n) is 10.3. The van der Waals surface area contributed by atoms with Gasteiger partial charge in [-0.1, -0.05) is 339 Å². The Balaban J connectivity index is 3.84. The lowest BCUT2D eigenvalue weighted by Gasteiger charge is -2.19. The van der Waals surface area contributed by atoms with Gasteiger partial charge in [0.1, 0.15) is 6.61 Å². The van der Waals surface area contributed by atoms with Gasteiger partial charge in [0.25, 0.3) is 0 Å². The Morgan fingerprint density at radius 1 is 0.330 bits per heavy atom. The van der Waals surface area contributed by atoms with Gasteiger partial charge in [-0.2, -0.15) is 0 Å². The van der Waals surface area contributed by atoms with E-state index in [4.69, 9.17) is 24.3 Å². The topological polar surface area (TPSA) is 134 Å². The highest BCUT2D eigenvalue weighted by molar-refractivity contribution is 7.47. The average Bonchev–Trinajstić information content (AvgIpc) is 3.74. The predicted molar refractivity (Wildman–Crippen MR) is 394 cm³/mol. The zero-order chi connectivity index (χ0) is 65.8. The third-order valence-electron chi connectivity index (χ3n) is 15.7. The van der Waals surface area contributed by atoms with Crippen molar-refractivity contribution < 1.29 is 37.6 Å². The highest BCUT2D eigenvalue weighted by Gasteiger charge is 2.26. The monoisotopic (exact) mass is 1280 g/mol. The van der Waals surface area contributed by atoms with Crippen LogP contribution in [0, 0.1) is 0 Å². The molecule has 0 heterocycles. The van der Waals surface area contributed by atoms with Crippen LogP contribution in [0.4, 0.5) is 0 Å². The van der Waals surface area contributed by atoms with Crippen molar-refractivity contribution in [1.29, 1.82) is 0 Å². The molecule has 2 atom stereocenters. The first-order chi connectivity index (χ1) is 44.8. The van der Waals surface area contributed by atoms with Crippen LogP contribution in [0.2, 0.25) is 0 Å². The van der Waals surface area contributed by atoms with Crippen LogP contribution in [-0.4, -0.2) is 49.3 Å². The number of hydrogen-bond acceptors (Lipinski definition) is 8. The summed E-state index contributed by atoms with van der Waals surface area (Å²) in [4.78, 5) is 35.4. The van der Waals surface area contributed by atoms with Crippen LogP contribution in [0.3, 0.4) is 0 Å². The van der Waals surface area contributed by atoms with Gasteiger partial charge in [-0.3, -0.25) is 18.6 Å². The van der Waals surface area contributed by atoms with Crippen LogP contribution >= 0.6 is 7.82 Å². The van der Waals surface area contributed by atoms with Crippen molar-refractivity contribution in [1.82, 2.24) is 0 Å². The van der Waals surface area contributed by atoms with E-state index in [0.29, 0.717) is 6.42 Å². The quantitative estimate of drug-likeness (QED) is 0.0264. The first-order valence-corrected chi connectivity index (χ1v) is 38.8. The summed E-state index contributed by atoms with van der Waals surface area (Å²) in [5.74, 6) is -0.827. The van der Waals surface area contributed by atoms with Gasteiger partial charge >= 0.3 is 19.8 Å². The van der Waals surface area contributed by atoms with E-state index in [1.54, 1.807) is 0 Å². The number of carbonyl (C=O) groups excluding carboxylic acids is 2. The van der Waals surface area contributed by atoms with Gasteiger partial charge in [0.15, 0.2) is 6.10 Å². The van der Waals surface area contributed by atoms with Crippen LogP contribution in [0.15, 0.2) is 146 Å². The molecule has 3 N–H and O–H groups in total. The molecule has 0 spiro atoms. The lowest BCUT2D eigenvalue weighted by atomic mass is 10.0. The van der Waals surface area contributed by atoms with Gasteiger partial charge in [0, 0.05) is 19.4 Å². The van der Waals surface area contributed by atoms with Crippen LogP contribution in [0.25, 0.3) is 0 Å². The highest BCUT2D eigenvalue weighted by Crippen LogP contribution is 2.43. The number of esters is 2. The molecule has 0 aliphatic heterocycles. The number of carbonyl (C=O) groups is 2. The van der Waals surface area contributed by atoms with Gasteiger partial charge in [-0.25, -0.2) is 4.57 Å². The number of ether oxygens (including phenoxy) is 2. The van der Waals surface area contributed by atoms with E-state index in [9.17, 15) is 19.0 Å². The third-order valence-corrected chi connectivity index (χ3v) is 16.7. The molecular formula is C81H138NO8P. The van der Waals surface area contributed by atoms with Crippen molar-refractivity contribution in [3.8, 4) is 0 Å². The number of unbranched alkanes of at least 4 members (excludes halogenated alkanes) is 32. The Bertz CT molecular complexity index is 2010. The van der Waals surface area contributed by atoms with Gasteiger partial charge in [-0.05, 0) is 116 Å². The minimum Gasteiger partial charge on any atom is -0.462 e. The van der Waals surface area contributed by atoms with E-state index in [1.165, 1.54) is 161 Å². The summed E-state index contributed by atoms with van der Waals surface area (Å²) in [6.07, 6.45) is 108. The van der Waals surface area contributed by atoms with Crippen molar-refractivity contribution >= 4 is 19.8 Å². The molecule has 91 heavy (non-hydrogen) atoms. The second kappa shape index (κ2) is 74.9. The Hall–Kier alpha value is -4.11. The zero-order valence-corrected chi connectivity index (χ0v) is 59.4. The second-order valence-electron chi connectivity index (χ2n) is 24.4. The van der Waals surface area contributed by atoms with Crippen LogP contribution in [0.1, 0.15) is 322 Å². The van der Waals surface area contributed by atoms with Gasteiger partial charge in [-0.15, -0.1) is 0 Å². The largest absolute Gasteiger partial charge is 0.472 e. The van der Waals surface area contributed by atoms with Crippen LogP contribution in [0.5, 0.6) is 0 Å². The van der Waals surface area contributed by atoms with E-state index in [2.05, 4.69) is 160 Å². The molecule has 0 aromatic carbocycles. The summed E-state index contributed by atoms with van der Waals surface area (Å²) in [7, 11) is -4.40. The maximum atomic E-state index is 12.8. The number of hydrogen-bond donors (Lipinski definition) is 2. The van der Waals surface area contributed by atoms with Crippen molar-refractivity contribution in [3.63, 3.8) is 0 Å². The van der Waals surface area contributed by atoms with Crippen molar-refractivity contribution in [2.75, 3.05) is 26.4 Å². The van der Waals surface area contributed by atoms with Crippen molar-refractivity contribution in [2.24, 2.45) is 5.73 Å².